The van der Waals surface area contributed by atoms with E-state index in [1.807, 2.05) is 44.3 Å². The minimum atomic E-state index is 0.815. The van der Waals surface area contributed by atoms with Gasteiger partial charge in [0.25, 0.3) is 0 Å². The highest BCUT2D eigenvalue weighted by atomic mass is 15.1. The molecule has 0 bridgehead atoms. The molecule has 2 aromatic rings. The Bertz CT molecular complexity index is 374. The van der Waals surface area contributed by atoms with E-state index in [4.69, 9.17) is 0 Å². The molecule has 3 heteroatoms. The Labute approximate surface area is 82.8 Å². The van der Waals surface area contributed by atoms with Crippen molar-refractivity contribution in [3.05, 3.63) is 41.7 Å². The van der Waals surface area contributed by atoms with Gasteiger partial charge in [-0.1, -0.05) is 6.07 Å². The Morgan fingerprint density at radius 1 is 0.857 bits per heavy atom. The van der Waals surface area contributed by atoms with Crippen molar-refractivity contribution >= 4 is 0 Å². The molecule has 2 heterocycles. The third-order valence-corrected chi connectivity index (χ3v) is 1.97. The molecule has 0 saturated carbocycles. The number of aryl methyl sites for hydroxylation is 2. The molecule has 0 spiro atoms. The van der Waals surface area contributed by atoms with E-state index in [1.165, 1.54) is 0 Å². The summed E-state index contributed by atoms with van der Waals surface area (Å²) in [7, 11) is 0. The molecule has 2 aromatic heterocycles. The van der Waals surface area contributed by atoms with Gasteiger partial charge in [-0.25, -0.2) is 0 Å². The third-order valence-electron chi connectivity index (χ3n) is 1.97. The van der Waals surface area contributed by atoms with Crippen LogP contribution >= 0.6 is 0 Å². The van der Waals surface area contributed by atoms with Crippen LogP contribution in [0.1, 0.15) is 11.3 Å². The van der Waals surface area contributed by atoms with Gasteiger partial charge in [-0.15, -0.1) is 5.10 Å². The minimum Gasteiger partial charge on any atom is -0.254 e. The molecule has 0 atom stereocenters. The van der Waals surface area contributed by atoms with Crippen molar-refractivity contribution in [1.82, 2.24) is 15.2 Å². The first kappa shape index (κ1) is 8.81. The Morgan fingerprint density at radius 3 is 2.21 bits per heavy atom. The number of nitrogens with zero attached hydrogens (tertiary/aromatic N) is 3. The van der Waals surface area contributed by atoms with E-state index in [0.29, 0.717) is 0 Å². The number of pyridine rings is 1. The second kappa shape index (κ2) is 3.54. The van der Waals surface area contributed by atoms with Crippen LogP contribution < -0.4 is 0 Å². The topological polar surface area (TPSA) is 38.7 Å². The molecule has 14 heavy (non-hydrogen) atoms. The van der Waals surface area contributed by atoms with Gasteiger partial charge in [-0.3, -0.25) is 4.98 Å². The molecule has 2 rings (SSSR count). The predicted molar refractivity (Wildman–Crippen MR) is 54.7 cm³/mol. The molecule has 0 aliphatic carbocycles. The Kier molecular flexibility index (Phi) is 2.23. The van der Waals surface area contributed by atoms with Gasteiger partial charge >= 0.3 is 0 Å². The highest BCUT2D eigenvalue weighted by molar-refractivity contribution is 5.52. The highest BCUT2D eigenvalue weighted by Crippen LogP contribution is 2.12. The van der Waals surface area contributed by atoms with E-state index < -0.39 is 0 Å². The summed E-state index contributed by atoms with van der Waals surface area (Å²) in [6.07, 6.45) is 1.83. The first-order chi connectivity index (χ1) is 6.75. The van der Waals surface area contributed by atoms with Crippen LogP contribution in [0.15, 0.2) is 30.5 Å². The van der Waals surface area contributed by atoms with Crippen LogP contribution in [0.4, 0.5) is 0 Å². The largest absolute Gasteiger partial charge is 0.254 e. The van der Waals surface area contributed by atoms with E-state index in [1.54, 1.807) is 0 Å². The van der Waals surface area contributed by atoms with Gasteiger partial charge < -0.3 is 0 Å². The average Bonchev–Trinajstić information content (AvgIpc) is 2.21. The molecule has 0 fully saturated rings. The smallest absolute Gasteiger partial charge is 0.111 e. The van der Waals surface area contributed by atoms with Crippen LogP contribution in [0.5, 0.6) is 0 Å². The predicted octanol–water partition coefficient (Wildman–Crippen LogP) is 2.16. The molecule has 0 aromatic carbocycles. The van der Waals surface area contributed by atoms with E-state index in [2.05, 4.69) is 15.2 Å². The molecule has 0 unspecified atom stereocenters. The van der Waals surface area contributed by atoms with Gasteiger partial charge in [0.05, 0.1) is 11.4 Å². The van der Waals surface area contributed by atoms with Crippen molar-refractivity contribution in [3.8, 4) is 11.4 Å². The summed E-state index contributed by atoms with van der Waals surface area (Å²) in [5.41, 5.74) is 3.74. The summed E-state index contributed by atoms with van der Waals surface area (Å²) in [4.78, 5) is 4.28. The lowest BCUT2D eigenvalue weighted by Gasteiger charge is -1.99. The molecule has 0 aliphatic rings. The third kappa shape index (κ3) is 1.76. The number of hydrogen-bond acceptors (Lipinski definition) is 3. The van der Waals surface area contributed by atoms with Crippen molar-refractivity contribution in [2.24, 2.45) is 0 Å². The van der Waals surface area contributed by atoms with Gasteiger partial charge in [0.2, 0.25) is 0 Å². The molecule has 0 aliphatic heterocycles. The normalized spacial score (nSPS) is 10.1. The summed E-state index contributed by atoms with van der Waals surface area (Å²) in [6.45, 7) is 3.93. The van der Waals surface area contributed by atoms with Crippen LogP contribution in [-0.2, 0) is 0 Å². The molecule has 70 valence electrons. The van der Waals surface area contributed by atoms with Crippen LogP contribution in [-0.4, -0.2) is 15.2 Å². The maximum absolute atomic E-state index is 4.28. The van der Waals surface area contributed by atoms with Crippen LogP contribution in [0.25, 0.3) is 11.4 Å². The maximum Gasteiger partial charge on any atom is 0.111 e. The van der Waals surface area contributed by atoms with Gasteiger partial charge in [0.1, 0.15) is 5.69 Å². The SMILES string of the molecule is Cc1ccc(-c2ccc(C)nn2)nc1. The summed E-state index contributed by atoms with van der Waals surface area (Å²) in [6, 6.07) is 7.84. The molecule has 0 amide bonds. The fraction of sp³-hybridized carbons (Fsp3) is 0.182. The lowest BCUT2D eigenvalue weighted by Crippen LogP contribution is -1.91. The van der Waals surface area contributed by atoms with Crippen LogP contribution in [0.2, 0.25) is 0 Å². The first-order valence-electron chi connectivity index (χ1n) is 4.49. The Balaban J connectivity index is 2.40. The minimum absolute atomic E-state index is 0.815. The van der Waals surface area contributed by atoms with Crippen molar-refractivity contribution < 1.29 is 0 Å². The second-order valence-corrected chi connectivity index (χ2v) is 3.28. The molecule has 0 saturated heterocycles. The molecule has 0 radical (unpaired) electrons. The molecular formula is C11H11N3. The summed E-state index contributed by atoms with van der Waals surface area (Å²) in [5.74, 6) is 0. The second-order valence-electron chi connectivity index (χ2n) is 3.28. The summed E-state index contributed by atoms with van der Waals surface area (Å²) < 4.78 is 0. The van der Waals surface area contributed by atoms with Crippen molar-refractivity contribution in [2.75, 3.05) is 0 Å². The average molecular weight is 185 g/mol. The monoisotopic (exact) mass is 185 g/mol. The van der Waals surface area contributed by atoms with Crippen LogP contribution in [0.3, 0.4) is 0 Å². The van der Waals surface area contributed by atoms with E-state index in [9.17, 15) is 0 Å². The number of hydrogen-bond donors (Lipinski definition) is 0. The van der Waals surface area contributed by atoms with E-state index in [0.717, 1.165) is 22.6 Å². The van der Waals surface area contributed by atoms with E-state index >= 15 is 0 Å². The zero-order valence-electron chi connectivity index (χ0n) is 8.23. The van der Waals surface area contributed by atoms with Crippen molar-refractivity contribution in [1.29, 1.82) is 0 Å². The van der Waals surface area contributed by atoms with Crippen molar-refractivity contribution in [2.45, 2.75) is 13.8 Å². The zero-order valence-corrected chi connectivity index (χ0v) is 8.23. The standard InChI is InChI=1S/C11H11N3/c1-8-3-5-10(12-7-8)11-6-4-9(2)13-14-11/h3-7H,1-2H3. The van der Waals surface area contributed by atoms with Gasteiger partial charge in [0, 0.05) is 6.20 Å². The molecular weight excluding hydrogens is 174 g/mol. The lowest BCUT2D eigenvalue weighted by molar-refractivity contribution is 0.980. The quantitative estimate of drug-likeness (QED) is 0.683. The van der Waals surface area contributed by atoms with E-state index in [-0.39, 0.29) is 0 Å². The zero-order chi connectivity index (χ0) is 9.97. The van der Waals surface area contributed by atoms with Gasteiger partial charge in [0.15, 0.2) is 0 Å². The molecule has 3 nitrogen and oxygen atoms in total. The highest BCUT2D eigenvalue weighted by Gasteiger charge is 1.99. The fourth-order valence-corrected chi connectivity index (χ4v) is 1.15. The first-order valence-corrected chi connectivity index (χ1v) is 4.49. The maximum atomic E-state index is 4.28. The Hall–Kier alpha value is -1.77. The van der Waals surface area contributed by atoms with Crippen molar-refractivity contribution in [3.63, 3.8) is 0 Å². The lowest BCUT2D eigenvalue weighted by atomic mass is 10.2. The van der Waals surface area contributed by atoms with Gasteiger partial charge in [-0.05, 0) is 37.6 Å². The number of aromatic nitrogens is 3. The fourth-order valence-electron chi connectivity index (χ4n) is 1.15. The Morgan fingerprint density at radius 2 is 1.64 bits per heavy atom. The van der Waals surface area contributed by atoms with Gasteiger partial charge in [-0.2, -0.15) is 5.10 Å². The van der Waals surface area contributed by atoms with Crippen LogP contribution in [0, 0.1) is 13.8 Å². The summed E-state index contributed by atoms with van der Waals surface area (Å²) >= 11 is 0. The summed E-state index contributed by atoms with van der Waals surface area (Å²) in [5, 5.41) is 8.05. The number of rotatable bonds is 1. The molecule has 0 N–H and O–H groups in total.